The highest BCUT2D eigenvalue weighted by Gasteiger charge is 2.00. The molecule has 0 radical (unpaired) electrons. The Morgan fingerprint density at radius 2 is 1.76 bits per heavy atom. The molecule has 2 aromatic rings. The van der Waals surface area contributed by atoms with Crippen molar-refractivity contribution in [2.24, 2.45) is 0 Å². The number of benzene rings is 1. The van der Waals surface area contributed by atoms with E-state index in [1.807, 2.05) is 24.3 Å². The number of nitrogens with zero attached hydrogens (tertiary/aromatic N) is 2. The Bertz CT molecular complexity index is 471. The molecule has 0 fully saturated rings. The van der Waals surface area contributed by atoms with Crippen LogP contribution in [-0.2, 0) is 6.42 Å². The molecule has 0 unspecified atom stereocenters. The average Bonchev–Trinajstić information content (AvgIpc) is 2.35. The summed E-state index contributed by atoms with van der Waals surface area (Å²) in [6.07, 6.45) is 3.90. The number of aliphatic hydroxyl groups excluding tert-OH is 1. The lowest BCUT2D eigenvalue weighted by Crippen LogP contribution is -1.93. The minimum atomic E-state index is 0.149. The molecule has 5 heteroatoms. The Morgan fingerprint density at radius 1 is 1.12 bits per heavy atom. The first-order chi connectivity index (χ1) is 8.28. The van der Waals surface area contributed by atoms with Crippen molar-refractivity contribution in [2.75, 3.05) is 6.61 Å². The molecule has 1 aromatic carbocycles. The van der Waals surface area contributed by atoms with Crippen molar-refractivity contribution in [3.8, 4) is 11.8 Å². The third kappa shape index (κ3) is 3.51. The maximum absolute atomic E-state index is 8.79. The lowest BCUT2D eigenvalue weighted by Gasteiger charge is -2.04. The minimum Gasteiger partial charge on any atom is -0.424 e. The van der Waals surface area contributed by atoms with Crippen molar-refractivity contribution in [3.05, 3.63) is 46.7 Å². The lowest BCUT2D eigenvalue weighted by atomic mass is 10.1. The van der Waals surface area contributed by atoms with Gasteiger partial charge in [-0.1, -0.05) is 12.1 Å². The summed E-state index contributed by atoms with van der Waals surface area (Å²) >= 11 is 3.25. The number of aromatic nitrogens is 2. The van der Waals surface area contributed by atoms with Gasteiger partial charge < -0.3 is 9.84 Å². The Morgan fingerprint density at radius 3 is 2.35 bits per heavy atom. The van der Waals surface area contributed by atoms with Crippen LogP contribution in [0, 0.1) is 0 Å². The van der Waals surface area contributed by atoms with Gasteiger partial charge in [0.15, 0.2) is 0 Å². The molecule has 0 bridgehead atoms. The van der Waals surface area contributed by atoms with Crippen LogP contribution in [0.5, 0.6) is 11.8 Å². The summed E-state index contributed by atoms with van der Waals surface area (Å²) in [6, 6.07) is 7.78. The van der Waals surface area contributed by atoms with Crippen molar-refractivity contribution in [2.45, 2.75) is 6.42 Å². The molecule has 0 spiro atoms. The highest BCUT2D eigenvalue weighted by atomic mass is 79.9. The molecule has 0 saturated carbocycles. The van der Waals surface area contributed by atoms with Crippen LogP contribution in [0.3, 0.4) is 0 Å². The van der Waals surface area contributed by atoms with Gasteiger partial charge in [-0.2, -0.15) is 0 Å². The predicted molar refractivity (Wildman–Crippen MR) is 67.0 cm³/mol. The Balaban J connectivity index is 2.05. The van der Waals surface area contributed by atoms with Gasteiger partial charge in [-0.3, -0.25) is 0 Å². The molecule has 0 amide bonds. The van der Waals surface area contributed by atoms with E-state index in [0.29, 0.717) is 18.2 Å². The van der Waals surface area contributed by atoms with E-state index in [1.165, 1.54) is 0 Å². The van der Waals surface area contributed by atoms with Gasteiger partial charge in [-0.15, -0.1) is 0 Å². The maximum Gasteiger partial charge on any atom is 0.321 e. The monoisotopic (exact) mass is 294 g/mol. The zero-order chi connectivity index (χ0) is 12.1. The summed E-state index contributed by atoms with van der Waals surface area (Å²) in [5.74, 6) is 0.675. The maximum atomic E-state index is 8.79. The summed E-state index contributed by atoms with van der Waals surface area (Å²) in [5, 5.41) is 8.79. The standard InChI is InChI=1S/C12H11BrN2O2/c13-10-7-14-12(15-8-10)17-11-3-1-9(2-4-11)5-6-16/h1-4,7-8,16H,5-6H2. The number of hydrogen-bond acceptors (Lipinski definition) is 4. The van der Waals surface area contributed by atoms with Gasteiger partial charge in [0, 0.05) is 19.0 Å². The zero-order valence-electron chi connectivity index (χ0n) is 9.01. The van der Waals surface area contributed by atoms with Crippen LogP contribution in [0.15, 0.2) is 41.1 Å². The van der Waals surface area contributed by atoms with Gasteiger partial charge in [-0.05, 0) is 40.0 Å². The summed E-state index contributed by atoms with van der Waals surface area (Å²) in [6.45, 7) is 0.149. The van der Waals surface area contributed by atoms with Crippen LogP contribution in [-0.4, -0.2) is 21.7 Å². The van der Waals surface area contributed by atoms with Gasteiger partial charge in [-0.25, -0.2) is 9.97 Å². The van der Waals surface area contributed by atoms with E-state index in [-0.39, 0.29) is 6.61 Å². The van der Waals surface area contributed by atoms with Crippen LogP contribution in [0.2, 0.25) is 0 Å². The second kappa shape index (κ2) is 5.75. The van der Waals surface area contributed by atoms with Crippen molar-refractivity contribution in [1.82, 2.24) is 9.97 Å². The summed E-state index contributed by atoms with van der Waals surface area (Å²) in [5.41, 5.74) is 1.07. The normalized spacial score (nSPS) is 10.2. The van der Waals surface area contributed by atoms with Crippen molar-refractivity contribution >= 4 is 15.9 Å². The van der Waals surface area contributed by atoms with E-state index < -0.39 is 0 Å². The molecular formula is C12H11BrN2O2. The molecule has 0 aliphatic heterocycles. The lowest BCUT2D eigenvalue weighted by molar-refractivity contribution is 0.299. The predicted octanol–water partition coefficient (Wildman–Crippen LogP) is 2.57. The average molecular weight is 295 g/mol. The van der Waals surface area contributed by atoms with Crippen LogP contribution in [0.1, 0.15) is 5.56 Å². The molecule has 4 nitrogen and oxygen atoms in total. The first-order valence-corrected chi connectivity index (χ1v) is 5.92. The van der Waals surface area contributed by atoms with E-state index in [2.05, 4.69) is 25.9 Å². The van der Waals surface area contributed by atoms with E-state index in [0.717, 1.165) is 10.0 Å². The number of rotatable bonds is 4. The van der Waals surface area contributed by atoms with Crippen molar-refractivity contribution in [1.29, 1.82) is 0 Å². The van der Waals surface area contributed by atoms with Crippen LogP contribution < -0.4 is 4.74 Å². The highest BCUT2D eigenvalue weighted by Crippen LogP contribution is 2.18. The third-order valence-corrected chi connectivity index (χ3v) is 2.54. The Hall–Kier alpha value is -1.46. The van der Waals surface area contributed by atoms with Gasteiger partial charge >= 0.3 is 6.01 Å². The van der Waals surface area contributed by atoms with E-state index in [9.17, 15) is 0 Å². The number of halogens is 1. The van der Waals surface area contributed by atoms with Crippen molar-refractivity contribution < 1.29 is 9.84 Å². The van der Waals surface area contributed by atoms with Crippen LogP contribution >= 0.6 is 15.9 Å². The molecule has 0 atom stereocenters. The molecule has 17 heavy (non-hydrogen) atoms. The number of hydrogen-bond donors (Lipinski definition) is 1. The minimum absolute atomic E-state index is 0.149. The molecule has 1 aromatic heterocycles. The summed E-state index contributed by atoms with van der Waals surface area (Å²) < 4.78 is 6.27. The summed E-state index contributed by atoms with van der Waals surface area (Å²) in [7, 11) is 0. The molecule has 0 saturated heterocycles. The van der Waals surface area contributed by atoms with Crippen LogP contribution in [0.25, 0.3) is 0 Å². The topological polar surface area (TPSA) is 55.2 Å². The van der Waals surface area contributed by atoms with Gasteiger partial charge in [0.1, 0.15) is 5.75 Å². The number of ether oxygens (including phenoxy) is 1. The SMILES string of the molecule is OCCc1ccc(Oc2ncc(Br)cn2)cc1. The summed E-state index contributed by atoms with van der Waals surface area (Å²) in [4.78, 5) is 8.02. The zero-order valence-corrected chi connectivity index (χ0v) is 10.6. The molecule has 88 valence electrons. The van der Waals surface area contributed by atoms with E-state index >= 15 is 0 Å². The molecule has 2 rings (SSSR count). The van der Waals surface area contributed by atoms with E-state index in [1.54, 1.807) is 12.4 Å². The van der Waals surface area contributed by atoms with Gasteiger partial charge in [0.05, 0.1) is 4.47 Å². The second-order valence-electron chi connectivity index (χ2n) is 3.40. The molecular weight excluding hydrogens is 284 g/mol. The van der Waals surface area contributed by atoms with Gasteiger partial charge in [0.2, 0.25) is 0 Å². The smallest absolute Gasteiger partial charge is 0.321 e. The quantitative estimate of drug-likeness (QED) is 0.942. The first-order valence-electron chi connectivity index (χ1n) is 5.13. The second-order valence-corrected chi connectivity index (χ2v) is 4.32. The highest BCUT2D eigenvalue weighted by molar-refractivity contribution is 9.10. The molecule has 1 N–H and O–H groups in total. The largest absolute Gasteiger partial charge is 0.424 e. The molecule has 1 heterocycles. The third-order valence-electron chi connectivity index (χ3n) is 2.13. The molecule has 0 aliphatic rings. The fraction of sp³-hybridized carbons (Fsp3) is 0.167. The fourth-order valence-corrected chi connectivity index (χ4v) is 1.52. The van der Waals surface area contributed by atoms with Gasteiger partial charge in [0.25, 0.3) is 0 Å². The first kappa shape index (κ1) is 12.0. The Kier molecular flexibility index (Phi) is 4.06. The fourth-order valence-electron chi connectivity index (χ4n) is 1.31. The van der Waals surface area contributed by atoms with E-state index in [4.69, 9.17) is 9.84 Å². The number of aliphatic hydroxyl groups is 1. The van der Waals surface area contributed by atoms with Crippen molar-refractivity contribution in [3.63, 3.8) is 0 Å². The molecule has 0 aliphatic carbocycles. The van der Waals surface area contributed by atoms with Crippen LogP contribution in [0.4, 0.5) is 0 Å². The Labute approximate surface area is 107 Å².